The second kappa shape index (κ2) is 8.72. The van der Waals surface area contributed by atoms with Crippen LogP contribution in [0.4, 0.5) is 0 Å². The molecule has 0 radical (unpaired) electrons. The summed E-state index contributed by atoms with van der Waals surface area (Å²) in [5.74, 6) is 1.07. The molecule has 160 valence electrons. The number of allylic oxidation sites excluding steroid dienone is 1. The molecule has 3 heterocycles. The first-order valence-electron chi connectivity index (χ1n) is 9.68. The fourth-order valence-corrected chi connectivity index (χ4v) is 4.36. The first-order chi connectivity index (χ1) is 16.0. The molecule has 5 rings (SSSR count). The normalized spacial score (nSPS) is 11.6. The molecule has 5 nitrogen and oxygen atoms in total. The van der Waals surface area contributed by atoms with Crippen molar-refractivity contribution in [2.24, 2.45) is 0 Å². The molecule has 0 bridgehead atoms. The molecule has 0 spiro atoms. The summed E-state index contributed by atoms with van der Waals surface area (Å²) in [6.07, 6.45) is 1.60. The van der Waals surface area contributed by atoms with Crippen LogP contribution in [-0.2, 0) is 0 Å². The average molecular weight is 491 g/mol. The average Bonchev–Trinajstić information content (AvgIpc) is 3.49. The van der Waals surface area contributed by atoms with Gasteiger partial charge in [0, 0.05) is 22.4 Å². The number of furan rings is 1. The zero-order valence-corrected chi connectivity index (χ0v) is 19.0. The molecule has 2 aromatic carbocycles. The molecule has 0 aliphatic heterocycles. The zero-order chi connectivity index (χ0) is 22.9. The molecule has 8 heteroatoms. The number of nitriles is 1. The number of halogens is 2. The summed E-state index contributed by atoms with van der Waals surface area (Å²) < 4.78 is 11.3. The SMILES string of the molecule is N#CC(=Cc1ccc(-c2ccc(Cl)c(Cl)c2)o1)c1nc(-c2cc3ccccc3oc2=O)cs1. The van der Waals surface area contributed by atoms with E-state index in [0.29, 0.717) is 49.0 Å². The monoisotopic (exact) mass is 490 g/mol. The van der Waals surface area contributed by atoms with Crippen LogP contribution < -0.4 is 5.63 Å². The van der Waals surface area contributed by atoms with Gasteiger partial charge in [-0.15, -0.1) is 11.3 Å². The Kier molecular flexibility index (Phi) is 5.61. The number of para-hydroxylation sites is 1. The van der Waals surface area contributed by atoms with Crippen LogP contribution in [0.5, 0.6) is 0 Å². The molecule has 0 unspecified atom stereocenters. The van der Waals surface area contributed by atoms with Crippen LogP contribution in [0.25, 0.3) is 45.2 Å². The highest BCUT2D eigenvalue weighted by atomic mass is 35.5. The van der Waals surface area contributed by atoms with E-state index < -0.39 is 5.63 Å². The van der Waals surface area contributed by atoms with Crippen LogP contribution in [0, 0.1) is 11.3 Å². The Labute approximate surface area is 201 Å². The van der Waals surface area contributed by atoms with Crippen molar-refractivity contribution < 1.29 is 8.83 Å². The second-order valence-corrected chi connectivity index (χ2v) is 8.70. The van der Waals surface area contributed by atoms with Crippen LogP contribution in [0.3, 0.4) is 0 Å². The summed E-state index contributed by atoms with van der Waals surface area (Å²) >= 11 is 13.3. The lowest BCUT2D eigenvalue weighted by Gasteiger charge is -2.00. The van der Waals surface area contributed by atoms with E-state index in [0.717, 1.165) is 10.9 Å². The maximum atomic E-state index is 12.4. The van der Waals surface area contributed by atoms with Crippen LogP contribution in [0.1, 0.15) is 10.8 Å². The number of fused-ring (bicyclic) bond motifs is 1. The third-order valence-corrected chi connectivity index (χ3v) is 6.50. The molecule has 0 saturated heterocycles. The third kappa shape index (κ3) is 4.22. The molecule has 33 heavy (non-hydrogen) atoms. The van der Waals surface area contributed by atoms with E-state index in [4.69, 9.17) is 32.0 Å². The van der Waals surface area contributed by atoms with Crippen LogP contribution in [0.15, 0.2) is 79.7 Å². The Bertz CT molecular complexity index is 1640. The van der Waals surface area contributed by atoms with Crippen molar-refractivity contribution in [2.45, 2.75) is 0 Å². The van der Waals surface area contributed by atoms with Gasteiger partial charge in [-0.3, -0.25) is 0 Å². The largest absolute Gasteiger partial charge is 0.457 e. The van der Waals surface area contributed by atoms with Gasteiger partial charge in [-0.05, 0) is 42.5 Å². The van der Waals surface area contributed by atoms with Gasteiger partial charge in [-0.25, -0.2) is 9.78 Å². The van der Waals surface area contributed by atoms with E-state index in [1.54, 1.807) is 60.0 Å². The quantitative estimate of drug-likeness (QED) is 0.192. The Balaban J connectivity index is 1.47. The third-order valence-electron chi connectivity index (χ3n) is 4.89. The summed E-state index contributed by atoms with van der Waals surface area (Å²) in [5.41, 5.74) is 1.90. The van der Waals surface area contributed by atoms with E-state index >= 15 is 0 Å². The van der Waals surface area contributed by atoms with E-state index in [1.165, 1.54) is 11.3 Å². The van der Waals surface area contributed by atoms with Crippen molar-refractivity contribution in [3.05, 3.63) is 97.3 Å². The lowest BCUT2D eigenvalue weighted by Crippen LogP contribution is -2.02. The molecule has 0 aliphatic carbocycles. The topological polar surface area (TPSA) is 80.0 Å². The van der Waals surface area contributed by atoms with Gasteiger partial charge in [0.05, 0.1) is 26.9 Å². The lowest BCUT2D eigenvalue weighted by molar-refractivity contribution is 0.563. The van der Waals surface area contributed by atoms with Crippen molar-refractivity contribution in [3.8, 4) is 28.7 Å². The highest BCUT2D eigenvalue weighted by Crippen LogP contribution is 2.31. The number of hydrogen-bond acceptors (Lipinski definition) is 6. The highest BCUT2D eigenvalue weighted by molar-refractivity contribution is 7.11. The highest BCUT2D eigenvalue weighted by Gasteiger charge is 2.15. The maximum Gasteiger partial charge on any atom is 0.345 e. The van der Waals surface area contributed by atoms with E-state index in [2.05, 4.69) is 11.1 Å². The number of thiazole rings is 1. The molecule has 0 N–H and O–H groups in total. The Morgan fingerprint density at radius 3 is 2.70 bits per heavy atom. The zero-order valence-electron chi connectivity index (χ0n) is 16.7. The van der Waals surface area contributed by atoms with Crippen molar-refractivity contribution in [3.63, 3.8) is 0 Å². The molecular weight excluding hydrogens is 479 g/mol. The minimum Gasteiger partial charge on any atom is -0.457 e. The molecule has 3 aromatic heterocycles. The van der Waals surface area contributed by atoms with Gasteiger partial charge in [-0.2, -0.15) is 5.26 Å². The standard InChI is InChI=1S/C25H12Cl2N2O3S/c26-19-7-5-15(11-20(19)27)23-8-6-17(31-23)9-16(12-28)24-29-21(13-33-24)18-10-14-3-1-2-4-22(14)32-25(18)30/h1-11,13H. The van der Waals surface area contributed by atoms with E-state index in [-0.39, 0.29) is 0 Å². The fraction of sp³-hybridized carbons (Fsp3) is 0. The second-order valence-electron chi connectivity index (χ2n) is 7.02. The maximum absolute atomic E-state index is 12.4. The van der Waals surface area contributed by atoms with Crippen molar-refractivity contribution in [1.82, 2.24) is 4.98 Å². The van der Waals surface area contributed by atoms with Crippen LogP contribution in [0.2, 0.25) is 10.0 Å². The summed E-state index contributed by atoms with van der Waals surface area (Å²) in [7, 11) is 0. The minimum absolute atomic E-state index is 0.312. The minimum atomic E-state index is -0.481. The lowest BCUT2D eigenvalue weighted by atomic mass is 10.1. The summed E-state index contributed by atoms with van der Waals surface area (Å²) in [6, 6.07) is 19.9. The fourth-order valence-electron chi connectivity index (χ4n) is 3.28. The molecule has 5 aromatic rings. The van der Waals surface area contributed by atoms with Crippen molar-refractivity contribution in [1.29, 1.82) is 5.26 Å². The van der Waals surface area contributed by atoms with Crippen LogP contribution >= 0.6 is 34.5 Å². The summed E-state index contributed by atoms with van der Waals surface area (Å²) in [4.78, 5) is 16.9. The smallest absolute Gasteiger partial charge is 0.345 e. The number of hydrogen-bond donors (Lipinski definition) is 0. The molecule has 0 saturated carbocycles. The van der Waals surface area contributed by atoms with Gasteiger partial charge >= 0.3 is 5.63 Å². The van der Waals surface area contributed by atoms with Gasteiger partial charge in [0.2, 0.25) is 0 Å². The Hall–Kier alpha value is -3.63. The van der Waals surface area contributed by atoms with E-state index in [9.17, 15) is 10.1 Å². The van der Waals surface area contributed by atoms with E-state index in [1.807, 2.05) is 12.1 Å². The first-order valence-corrected chi connectivity index (χ1v) is 11.3. The number of benzene rings is 2. The molecule has 0 fully saturated rings. The molecule has 0 aliphatic rings. The summed E-state index contributed by atoms with van der Waals surface area (Å²) in [5, 5.41) is 13.6. The Morgan fingerprint density at radius 1 is 1.03 bits per heavy atom. The number of aromatic nitrogens is 1. The van der Waals surface area contributed by atoms with Crippen molar-refractivity contribution in [2.75, 3.05) is 0 Å². The van der Waals surface area contributed by atoms with Gasteiger partial charge in [0.1, 0.15) is 28.2 Å². The van der Waals surface area contributed by atoms with Gasteiger partial charge < -0.3 is 8.83 Å². The van der Waals surface area contributed by atoms with Crippen molar-refractivity contribution >= 4 is 57.2 Å². The van der Waals surface area contributed by atoms with Crippen LogP contribution in [-0.4, -0.2) is 4.98 Å². The molecular formula is C25H12Cl2N2O3S. The molecule has 0 amide bonds. The number of nitrogens with zero attached hydrogens (tertiary/aromatic N) is 2. The van der Waals surface area contributed by atoms with Gasteiger partial charge in [-0.1, -0.05) is 41.4 Å². The predicted molar refractivity (Wildman–Crippen MR) is 131 cm³/mol. The molecule has 0 atom stereocenters. The summed E-state index contributed by atoms with van der Waals surface area (Å²) in [6.45, 7) is 0. The predicted octanol–water partition coefficient (Wildman–Crippen LogP) is 7.55. The Morgan fingerprint density at radius 2 is 1.88 bits per heavy atom. The number of rotatable bonds is 4. The van der Waals surface area contributed by atoms with Gasteiger partial charge in [0.25, 0.3) is 0 Å². The first kappa shape index (κ1) is 21.2. The van der Waals surface area contributed by atoms with Gasteiger partial charge in [0.15, 0.2) is 0 Å².